The number of nitrogens with zero attached hydrogens (tertiary/aromatic N) is 2. The van der Waals surface area contributed by atoms with Gasteiger partial charge in [0.05, 0.1) is 11.2 Å². The molecule has 3 aromatic rings. The van der Waals surface area contributed by atoms with Gasteiger partial charge in [0.2, 0.25) is 15.9 Å². The minimum Gasteiger partial charge on any atom is -0.475 e. The Morgan fingerprint density at radius 1 is 1.08 bits per heavy atom. The lowest BCUT2D eigenvalue weighted by molar-refractivity contribution is 0.307. The number of ether oxygens (including phenoxy) is 1. The van der Waals surface area contributed by atoms with Crippen molar-refractivity contribution in [1.29, 1.82) is 0 Å². The monoisotopic (exact) mass is 379 g/mol. The first-order valence-electron chi connectivity index (χ1n) is 7.30. The first-order chi connectivity index (χ1) is 12.0. The van der Waals surface area contributed by atoms with Crippen LogP contribution in [0.25, 0.3) is 11.5 Å². The van der Waals surface area contributed by atoms with E-state index in [0.717, 1.165) is 0 Å². The zero-order chi connectivity index (χ0) is 17.7. The molecule has 0 bridgehead atoms. The maximum Gasteiger partial charge on any atom is 0.240 e. The number of nitrogens with one attached hydrogen (secondary N) is 1. The summed E-state index contributed by atoms with van der Waals surface area (Å²) in [4.78, 5) is 0.138. The quantitative estimate of drug-likeness (QED) is 0.634. The number of furan rings is 1. The van der Waals surface area contributed by atoms with Crippen LogP contribution in [-0.2, 0) is 10.0 Å². The van der Waals surface area contributed by atoms with Crippen molar-refractivity contribution in [3.05, 3.63) is 59.8 Å². The summed E-state index contributed by atoms with van der Waals surface area (Å²) >= 11 is 5.75. The predicted molar refractivity (Wildman–Crippen MR) is 91.9 cm³/mol. The van der Waals surface area contributed by atoms with Gasteiger partial charge in [-0.15, -0.1) is 10.2 Å². The van der Waals surface area contributed by atoms with E-state index in [2.05, 4.69) is 14.9 Å². The molecule has 0 spiro atoms. The zero-order valence-corrected chi connectivity index (χ0v) is 14.5. The molecule has 0 aliphatic heterocycles. The van der Waals surface area contributed by atoms with E-state index in [1.165, 1.54) is 24.3 Å². The van der Waals surface area contributed by atoms with Crippen LogP contribution in [-0.4, -0.2) is 31.8 Å². The number of hydrogen-bond acceptors (Lipinski definition) is 6. The summed E-state index contributed by atoms with van der Waals surface area (Å²) in [5.74, 6) is 0.899. The van der Waals surface area contributed by atoms with Gasteiger partial charge in [0, 0.05) is 17.6 Å². The molecule has 0 amide bonds. The zero-order valence-electron chi connectivity index (χ0n) is 12.9. The number of rotatable bonds is 7. The molecule has 0 aliphatic rings. The SMILES string of the molecule is O=S(=O)(NCCOc1ccc(-c2ccco2)nn1)c1ccc(Cl)cc1. The third kappa shape index (κ3) is 4.56. The molecule has 0 atom stereocenters. The maximum absolute atomic E-state index is 12.1. The third-order valence-electron chi connectivity index (χ3n) is 3.18. The highest BCUT2D eigenvalue weighted by Crippen LogP contribution is 2.18. The van der Waals surface area contributed by atoms with Gasteiger partial charge < -0.3 is 9.15 Å². The summed E-state index contributed by atoms with van der Waals surface area (Å²) in [6.45, 7) is 0.203. The lowest BCUT2D eigenvalue weighted by atomic mass is 10.3. The number of hydrogen-bond donors (Lipinski definition) is 1. The molecule has 2 heterocycles. The molecular formula is C16H14ClN3O4S. The van der Waals surface area contributed by atoms with Crippen LogP contribution in [0.4, 0.5) is 0 Å². The Bertz CT molecular complexity index is 911. The summed E-state index contributed by atoms with van der Waals surface area (Å²) in [5.41, 5.74) is 0.584. The van der Waals surface area contributed by atoms with Crippen LogP contribution in [0.15, 0.2) is 64.1 Å². The molecular weight excluding hydrogens is 366 g/mol. The number of halogens is 1. The normalized spacial score (nSPS) is 11.4. The smallest absolute Gasteiger partial charge is 0.240 e. The molecule has 0 unspecified atom stereocenters. The predicted octanol–water partition coefficient (Wildman–Crippen LogP) is 2.75. The fourth-order valence-corrected chi connectivity index (χ4v) is 3.12. The van der Waals surface area contributed by atoms with Crippen LogP contribution in [0.2, 0.25) is 5.02 Å². The van der Waals surface area contributed by atoms with E-state index in [-0.39, 0.29) is 18.0 Å². The molecule has 130 valence electrons. The molecule has 0 saturated carbocycles. The standard InChI is InChI=1S/C16H14ClN3O4S/c17-12-3-5-13(6-4-12)25(21,22)18-9-11-24-16-8-7-14(19-20-16)15-2-1-10-23-15/h1-8,10,18H,9,11H2. The van der Waals surface area contributed by atoms with Crippen LogP contribution in [0, 0.1) is 0 Å². The van der Waals surface area contributed by atoms with E-state index in [4.69, 9.17) is 20.8 Å². The average molecular weight is 380 g/mol. The highest BCUT2D eigenvalue weighted by atomic mass is 35.5. The lowest BCUT2D eigenvalue weighted by Gasteiger charge is -2.08. The van der Waals surface area contributed by atoms with E-state index < -0.39 is 10.0 Å². The molecule has 0 saturated heterocycles. The molecule has 0 fully saturated rings. The molecule has 25 heavy (non-hydrogen) atoms. The van der Waals surface area contributed by atoms with Gasteiger partial charge in [-0.25, -0.2) is 13.1 Å². The van der Waals surface area contributed by atoms with Gasteiger partial charge in [-0.05, 0) is 42.5 Å². The lowest BCUT2D eigenvalue weighted by Crippen LogP contribution is -2.28. The molecule has 0 radical (unpaired) electrons. The Hall–Kier alpha value is -2.42. The van der Waals surface area contributed by atoms with Crippen LogP contribution < -0.4 is 9.46 Å². The number of sulfonamides is 1. The Morgan fingerprint density at radius 3 is 2.52 bits per heavy atom. The maximum atomic E-state index is 12.1. The number of benzene rings is 1. The van der Waals surface area contributed by atoms with Crippen molar-refractivity contribution in [3.63, 3.8) is 0 Å². The van der Waals surface area contributed by atoms with Crippen LogP contribution in [0.5, 0.6) is 5.88 Å². The van der Waals surface area contributed by atoms with E-state index in [0.29, 0.717) is 22.4 Å². The fourth-order valence-electron chi connectivity index (χ4n) is 1.98. The number of aromatic nitrogens is 2. The van der Waals surface area contributed by atoms with Crippen molar-refractivity contribution >= 4 is 21.6 Å². The Kier molecular flexibility index (Phi) is 5.32. The van der Waals surface area contributed by atoms with Gasteiger partial charge in [-0.1, -0.05) is 11.6 Å². The van der Waals surface area contributed by atoms with E-state index in [1.807, 2.05) is 0 Å². The largest absolute Gasteiger partial charge is 0.475 e. The van der Waals surface area contributed by atoms with Gasteiger partial charge in [0.15, 0.2) is 5.76 Å². The Balaban J connectivity index is 1.50. The Morgan fingerprint density at radius 2 is 1.88 bits per heavy atom. The van der Waals surface area contributed by atoms with Crippen molar-refractivity contribution in [2.75, 3.05) is 13.2 Å². The molecule has 3 rings (SSSR count). The average Bonchev–Trinajstić information content (AvgIpc) is 3.14. The van der Waals surface area contributed by atoms with Gasteiger partial charge in [-0.3, -0.25) is 0 Å². The molecule has 0 aliphatic carbocycles. The summed E-state index contributed by atoms with van der Waals surface area (Å²) < 4.78 is 37.2. The first kappa shape index (κ1) is 17.4. The molecule has 1 N–H and O–H groups in total. The van der Waals surface area contributed by atoms with Crippen molar-refractivity contribution < 1.29 is 17.6 Å². The van der Waals surface area contributed by atoms with Crippen molar-refractivity contribution in [1.82, 2.24) is 14.9 Å². The summed E-state index contributed by atoms with van der Waals surface area (Å²) in [6.07, 6.45) is 1.55. The molecule has 9 heteroatoms. The van der Waals surface area contributed by atoms with Gasteiger partial charge in [0.25, 0.3) is 0 Å². The van der Waals surface area contributed by atoms with Crippen molar-refractivity contribution in [2.24, 2.45) is 0 Å². The van der Waals surface area contributed by atoms with E-state index >= 15 is 0 Å². The van der Waals surface area contributed by atoms with Gasteiger partial charge >= 0.3 is 0 Å². The second kappa shape index (κ2) is 7.64. The molecule has 1 aromatic carbocycles. The third-order valence-corrected chi connectivity index (χ3v) is 4.91. The minimum atomic E-state index is -3.60. The Labute approximate surface area is 149 Å². The highest BCUT2D eigenvalue weighted by Gasteiger charge is 2.13. The van der Waals surface area contributed by atoms with Gasteiger partial charge in [0.1, 0.15) is 12.3 Å². The van der Waals surface area contributed by atoms with Crippen molar-refractivity contribution in [3.8, 4) is 17.3 Å². The molecule has 7 nitrogen and oxygen atoms in total. The first-order valence-corrected chi connectivity index (χ1v) is 9.16. The van der Waals surface area contributed by atoms with Crippen molar-refractivity contribution in [2.45, 2.75) is 4.90 Å². The summed E-state index contributed by atoms with van der Waals surface area (Å²) in [7, 11) is -3.60. The van der Waals surface area contributed by atoms with Gasteiger partial charge in [-0.2, -0.15) is 0 Å². The highest BCUT2D eigenvalue weighted by molar-refractivity contribution is 7.89. The fraction of sp³-hybridized carbons (Fsp3) is 0.125. The molecule has 2 aromatic heterocycles. The topological polar surface area (TPSA) is 94.3 Å². The van der Waals surface area contributed by atoms with E-state index in [9.17, 15) is 8.42 Å². The second-order valence-electron chi connectivity index (χ2n) is 4.93. The van der Waals surface area contributed by atoms with E-state index in [1.54, 1.807) is 30.5 Å². The minimum absolute atomic E-state index is 0.0899. The van der Waals surface area contributed by atoms with Crippen LogP contribution >= 0.6 is 11.6 Å². The summed E-state index contributed by atoms with van der Waals surface area (Å²) in [6, 6.07) is 12.8. The van der Waals surface area contributed by atoms with Crippen LogP contribution in [0.3, 0.4) is 0 Å². The second-order valence-corrected chi connectivity index (χ2v) is 7.14. The van der Waals surface area contributed by atoms with Crippen LogP contribution in [0.1, 0.15) is 0 Å². The summed E-state index contributed by atoms with van der Waals surface area (Å²) in [5, 5.41) is 8.37.